The summed E-state index contributed by atoms with van der Waals surface area (Å²) < 4.78 is 5.61. The van der Waals surface area contributed by atoms with Gasteiger partial charge in [0.25, 0.3) is 0 Å². The largest absolute Gasteiger partial charge is 0.356 e. The number of aryl methyl sites for hydroxylation is 2. The van der Waals surface area contributed by atoms with Gasteiger partial charge in [-0.15, -0.1) is 0 Å². The highest BCUT2D eigenvalue weighted by Gasteiger charge is 2.28. The molecule has 2 heterocycles. The van der Waals surface area contributed by atoms with Gasteiger partial charge in [0, 0.05) is 30.1 Å². The second-order valence-corrected chi connectivity index (χ2v) is 8.88. The molecule has 0 aliphatic heterocycles. The van der Waals surface area contributed by atoms with E-state index in [9.17, 15) is 4.79 Å². The van der Waals surface area contributed by atoms with E-state index >= 15 is 0 Å². The maximum atomic E-state index is 12.4. The molecule has 0 bridgehead atoms. The van der Waals surface area contributed by atoms with E-state index in [1.165, 1.54) is 0 Å². The number of nitrogens with one attached hydrogen (secondary N) is 1. The molecule has 2 aromatic rings. The van der Waals surface area contributed by atoms with Gasteiger partial charge >= 0.3 is 0 Å². The number of aromatic nitrogens is 3. The maximum absolute atomic E-state index is 12.4. The van der Waals surface area contributed by atoms with Gasteiger partial charge in [0.2, 0.25) is 5.91 Å². The zero-order valence-corrected chi connectivity index (χ0v) is 18.3. The highest BCUT2D eigenvalue weighted by Crippen LogP contribution is 2.39. The Balaban J connectivity index is 1.38. The molecule has 160 valence electrons. The molecule has 2 aliphatic rings. The molecule has 0 aromatic carbocycles. The van der Waals surface area contributed by atoms with Crippen molar-refractivity contribution in [2.45, 2.75) is 71.6 Å². The molecule has 30 heavy (non-hydrogen) atoms. The molecular weight excluding hydrogens is 376 g/mol. The molecule has 0 spiro atoms. The highest BCUT2D eigenvalue weighted by molar-refractivity contribution is 5.79. The highest BCUT2D eigenvalue weighted by atomic mass is 16.5. The zero-order chi connectivity index (χ0) is 21.1. The average Bonchev–Trinajstić information content (AvgIpc) is 3.11. The lowest BCUT2D eigenvalue weighted by molar-refractivity contribution is -0.125. The fraction of sp³-hybridized carbons (Fsp3) is 0.583. The minimum atomic E-state index is 0.159. The summed E-state index contributed by atoms with van der Waals surface area (Å²) in [5, 5.41) is 7.33. The third-order valence-electron chi connectivity index (χ3n) is 6.78. The Hall–Kier alpha value is -2.50. The quantitative estimate of drug-likeness (QED) is 0.719. The summed E-state index contributed by atoms with van der Waals surface area (Å²) in [5.74, 6) is 2.90. The van der Waals surface area contributed by atoms with Crippen molar-refractivity contribution in [2.24, 2.45) is 11.8 Å². The van der Waals surface area contributed by atoms with E-state index < -0.39 is 0 Å². The normalized spacial score (nSPS) is 24.0. The molecule has 1 saturated carbocycles. The van der Waals surface area contributed by atoms with E-state index in [1.807, 2.05) is 27.0 Å². The number of rotatable bonds is 5. The van der Waals surface area contributed by atoms with Crippen LogP contribution in [0.5, 0.6) is 0 Å². The Morgan fingerprint density at radius 2 is 1.93 bits per heavy atom. The number of carbonyl (C=O) groups is 1. The van der Waals surface area contributed by atoms with Crippen LogP contribution in [0, 0.1) is 32.6 Å². The molecule has 0 saturated heterocycles. The number of hydrogen-bond donors (Lipinski definition) is 1. The van der Waals surface area contributed by atoms with Crippen LogP contribution in [0.3, 0.4) is 0 Å². The van der Waals surface area contributed by atoms with Gasteiger partial charge in [-0.1, -0.05) is 17.3 Å². The summed E-state index contributed by atoms with van der Waals surface area (Å²) >= 11 is 0. The minimum absolute atomic E-state index is 0.159. The van der Waals surface area contributed by atoms with Crippen molar-refractivity contribution in [3.63, 3.8) is 0 Å². The van der Waals surface area contributed by atoms with Gasteiger partial charge in [0.05, 0.1) is 17.0 Å². The molecular formula is C24H32N4O2. The van der Waals surface area contributed by atoms with Crippen LogP contribution in [0.15, 0.2) is 22.9 Å². The van der Waals surface area contributed by atoms with E-state index in [0.717, 1.165) is 85.6 Å². The zero-order valence-electron chi connectivity index (χ0n) is 18.3. The Morgan fingerprint density at radius 3 is 2.60 bits per heavy atom. The van der Waals surface area contributed by atoms with E-state index in [2.05, 4.69) is 27.6 Å². The summed E-state index contributed by atoms with van der Waals surface area (Å²) in [6, 6.07) is 0. The monoisotopic (exact) mass is 408 g/mol. The Morgan fingerprint density at radius 1 is 1.13 bits per heavy atom. The van der Waals surface area contributed by atoms with Gasteiger partial charge in [-0.05, 0) is 71.6 Å². The topological polar surface area (TPSA) is 80.9 Å². The first-order valence-corrected chi connectivity index (χ1v) is 11.2. The van der Waals surface area contributed by atoms with Gasteiger partial charge in [-0.25, -0.2) is 9.97 Å². The van der Waals surface area contributed by atoms with E-state index in [-0.39, 0.29) is 11.8 Å². The van der Waals surface area contributed by atoms with E-state index in [1.54, 1.807) is 0 Å². The summed E-state index contributed by atoms with van der Waals surface area (Å²) in [5.41, 5.74) is 4.01. The van der Waals surface area contributed by atoms with Crippen LogP contribution in [-0.4, -0.2) is 27.6 Å². The number of amides is 1. The van der Waals surface area contributed by atoms with Crippen molar-refractivity contribution >= 4 is 5.91 Å². The third kappa shape index (κ3) is 4.47. The predicted octanol–water partition coefficient (Wildman–Crippen LogP) is 4.80. The molecule has 0 unspecified atom stereocenters. The molecule has 6 nitrogen and oxygen atoms in total. The second-order valence-electron chi connectivity index (χ2n) is 8.88. The SMILES string of the molecule is Cc1ncc(-c2onc(C)c2C)c(C2CCC(CNC(=O)[C@@H]3CC=CCC3)CC2)n1. The fourth-order valence-corrected chi connectivity index (χ4v) is 4.70. The number of nitrogens with zero attached hydrogens (tertiary/aromatic N) is 3. The first-order chi connectivity index (χ1) is 14.5. The summed E-state index contributed by atoms with van der Waals surface area (Å²) in [6.45, 7) is 6.72. The fourth-order valence-electron chi connectivity index (χ4n) is 4.70. The van der Waals surface area contributed by atoms with Crippen molar-refractivity contribution in [3.8, 4) is 11.3 Å². The summed E-state index contributed by atoms with van der Waals surface area (Å²) in [7, 11) is 0. The van der Waals surface area contributed by atoms with Gasteiger partial charge in [0.15, 0.2) is 5.76 Å². The number of allylic oxidation sites excluding steroid dienone is 2. The van der Waals surface area contributed by atoms with Crippen LogP contribution < -0.4 is 5.32 Å². The molecule has 1 amide bonds. The lowest BCUT2D eigenvalue weighted by Crippen LogP contribution is -2.35. The molecule has 2 aromatic heterocycles. The summed E-state index contributed by atoms with van der Waals surface area (Å²) in [4.78, 5) is 21.6. The average molecular weight is 409 g/mol. The first kappa shape index (κ1) is 20.8. The van der Waals surface area contributed by atoms with Crippen molar-refractivity contribution in [2.75, 3.05) is 6.54 Å². The molecule has 0 radical (unpaired) electrons. The van der Waals surface area contributed by atoms with Gasteiger partial charge in [-0.2, -0.15) is 0 Å². The Kier molecular flexibility index (Phi) is 6.30. The van der Waals surface area contributed by atoms with Crippen LogP contribution in [0.2, 0.25) is 0 Å². The predicted molar refractivity (Wildman–Crippen MR) is 116 cm³/mol. The van der Waals surface area contributed by atoms with Crippen molar-refractivity contribution in [1.82, 2.24) is 20.4 Å². The smallest absolute Gasteiger partial charge is 0.223 e. The molecule has 1 atom stereocenters. The number of carbonyl (C=O) groups excluding carboxylic acids is 1. The number of hydrogen-bond acceptors (Lipinski definition) is 5. The second kappa shape index (κ2) is 9.11. The minimum Gasteiger partial charge on any atom is -0.356 e. The van der Waals surface area contributed by atoms with Crippen LogP contribution in [0.4, 0.5) is 0 Å². The van der Waals surface area contributed by atoms with E-state index in [4.69, 9.17) is 9.51 Å². The molecule has 2 aliphatic carbocycles. The van der Waals surface area contributed by atoms with Crippen LogP contribution >= 0.6 is 0 Å². The van der Waals surface area contributed by atoms with Crippen molar-refractivity contribution in [1.29, 1.82) is 0 Å². The molecule has 4 rings (SSSR count). The lowest BCUT2D eigenvalue weighted by Gasteiger charge is -2.29. The standard InChI is InChI=1S/C24H32N4O2/c1-15-16(2)28-30-23(15)21-14-25-17(3)27-22(21)19-11-9-18(10-12-19)13-26-24(29)20-7-5-4-6-8-20/h4-5,14,18-20H,6-13H2,1-3H3,(H,26,29)/t18?,19?,20-/m1/s1. The van der Waals surface area contributed by atoms with E-state index in [0.29, 0.717) is 11.8 Å². The van der Waals surface area contributed by atoms with Crippen molar-refractivity contribution < 1.29 is 9.32 Å². The van der Waals surface area contributed by atoms with Crippen LogP contribution in [-0.2, 0) is 4.79 Å². The van der Waals surface area contributed by atoms with Crippen LogP contribution in [0.1, 0.15) is 73.6 Å². The van der Waals surface area contributed by atoms with Gasteiger partial charge < -0.3 is 9.84 Å². The van der Waals surface area contributed by atoms with Crippen molar-refractivity contribution in [3.05, 3.63) is 41.1 Å². The Labute approximate surface area is 178 Å². The molecule has 1 fully saturated rings. The van der Waals surface area contributed by atoms with Crippen LogP contribution in [0.25, 0.3) is 11.3 Å². The van der Waals surface area contributed by atoms with Gasteiger partial charge in [-0.3, -0.25) is 4.79 Å². The van der Waals surface area contributed by atoms with Gasteiger partial charge in [0.1, 0.15) is 5.82 Å². The lowest BCUT2D eigenvalue weighted by atomic mass is 9.79. The first-order valence-electron chi connectivity index (χ1n) is 11.2. The molecule has 6 heteroatoms. The summed E-state index contributed by atoms with van der Waals surface area (Å²) in [6.07, 6.45) is 13.4. The Bertz CT molecular complexity index is 925. The molecule has 1 N–H and O–H groups in total. The maximum Gasteiger partial charge on any atom is 0.223 e. The third-order valence-corrected chi connectivity index (χ3v) is 6.78.